The van der Waals surface area contributed by atoms with Gasteiger partial charge in [-0.25, -0.2) is 4.98 Å². The van der Waals surface area contributed by atoms with Crippen molar-refractivity contribution in [1.29, 1.82) is 0 Å². The number of aromatic nitrogens is 1. The van der Waals surface area contributed by atoms with Crippen molar-refractivity contribution in [1.82, 2.24) is 14.8 Å². The Balaban J connectivity index is 1.38. The van der Waals surface area contributed by atoms with Crippen LogP contribution in [0, 0.1) is 0 Å². The number of piperazine rings is 1. The SMILES string of the molecule is COCCN1CCN(CCCc2nc3ccccc3o2)CC1. The Bertz CT molecular complexity index is 543. The fraction of sp³-hybridized carbons (Fsp3) is 0.588. The summed E-state index contributed by atoms with van der Waals surface area (Å²) < 4.78 is 10.9. The zero-order chi connectivity index (χ0) is 15.2. The van der Waals surface area contributed by atoms with E-state index in [9.17, 15) is 0 Å². The minimum absolute atomic E-state index is 0.831. The maximum atomic E-state index is 5.77. The molecule has 1 aromatic carbocycles. The molecular formula is C17H25N3O2. The summed E-state index contributed by atoms with van der Waals surface area (Å²) in [5, 5.41) is 0. The van der Waals surface area contributed by atoms with Crippen LogP contribution in [-0.4, -0.2) is 67.8 Å². The number of aryl methyl sites for hydroxylation is 1. The van der Waals surface area contributed by atoms with E-state index in [2.05, 4.69) is 14.8 Å². The van der Waals surface area contributed by atoms with Crippen molar-refractivity contribution in [3.63, 3.8) is 0 Å². The van der Waals surface area contributed by atoms with Gasteiger partial charge in [-0.2, -0.15) is 0 Å². The second-order valence-corrected chi connectivity index (χ2v) is 5.85. The van der Waals surface area contributed by atoms with Crippen LogP contribution in [0.3, 0.4) is 0 Å². The van der Waals surface area contributed by atoms with E-state index in [1.165, 1.54) is 0 Å². The first kappa shape index (κ1) is 15.5. The van der Waals surface area contributed by atoms with E-state index in [4.69, 9.17) is 9.15 Å². The molecular weight excluding hydrogens is 278 g/mol. The smallest absolute Gasteiger partial charge is 0.195 e. The topological polar surface area (TPSA) is 41.7 Å². The molecule has 2 heterocycles. The van der Waals surface area contributed by atoms with Crippen LogP contribution < -0.4 is 0 Å². The molecule has 22 heavy (non-hydrogen) atoms. The van der Waals surface area contributed by atoms with Crippen molar-refractivity contribution >= 4 is 11.1 Å². The van der Waals surface area contributed by atoms with Crippen molar-refractivity contribution in [2.75, 3.05) is 53.0 Å². The maximum Gasteiger partial charge on any atom is 0.195 e. The number of nitrogens with zero attached hydrogens (tertiary/aromatic N) is 3. The third kappa shape index (κ3) is 4.06. The molecule has 5 nitrogen and oxygen atoms in total. The molecule has 0 atom stereocenters. The summed E-state index contributed by atoms with van der Waals surface area (Å²) in [4.78, 5) is 9.54. The highest BCUT2D eigenvalue weighted by Crippen LogP contribution is 2.15. The standard InChI is InChI=1S/C17H25N3O2/c1-21-14-13-20-11-9-19(10-12-20)8-4-7-17-18-15-5-2-3-6-16(15)22-17/h2-3,5-6H,4,7-14H2,1H3. The molecule has 1 saturated heterocycles. The lowest BCUT2D eigenvalue weighted by atomic mass is 10.2. The van der Waals surface area contributed by atoms with Gasteiger partial charge in [0.1, 0.15) is 5.52 Å². The Morgan fingerprint density at radius 1 is 1.09 bits per heavy atom. The van der Waals surface area contributed by atoms with Crippen LogP contribution in [-0.2, 0) is 11.2 Å². The molecule has 1 aromatic heterocycles. The second kappa shape index (κ2) is 7.72. The highest BCUT2D eigenvalue weighted by Gasteiger charge is 2.16. The average Bonchev–Trinajstić information content (AvgIpc) is 2.97. The van der Waals surface area contributed by atoms with Crippen LogP contribution >= 0.6 is 0 Å². The van der Waals surface area contributed by atoms with Crippen LogP contribution in [0.4, 0.5) is 0 Å². The third-order valence-corrected chi connectivity index (χ3v) is 4.28. The summed E-state index contributed by atoms with van der Waals surface area (Å²) in [6.07, 6.45) is 2.02. The van der Waals surface area contributed by atoms with Crippen LogP contribution in [0.15, 0.2) is 28.7 Å². The second-order valence-electron chi connectivity index (χ2n) is 5.85. The Labute approximate surface area is 131 Å². The summed E-state index contributed by atoms with van der Waals surface area (Å²) in [5.41, 5.74) is 1.86. The number of ether oxygens (including phenoxy) is 1. The van der Waals surface area contributed by atoms with E-state index in [0.29, 0.717) is 0 Å². The summed E-state index contributed by atoms with van der Waals surface area (Å²) in [7, 11) is 1.77. The first-order valence-corrected chi connectivity index (χ1v) is 8.13. The molecule has 0 spiro atoms. The molecule has 2 aromatic rings. The molecule has 120 valence electrons. The van der Waals surface area contributed by atoms with Gasteiger partial charge in [0, 0.05) is 46.3 Å². The molecule has 1 aliphatic rings. The van der Waals surface area contributed by atoms with Crippen molar-refractivity contribution in [3.05, 3.63) is 30.2 Å². The van der Waals surface area contributed by atoms with Gasteiger partial charge in [0.15, 0.2) is 11.5 Å². The number of methoxy groups -OCH3 is 1. The number of oxazole rings is 1. The van der Waals surface area contributed by atoms with Gasteiger partial charge >= 0.3 is 0 Å². The minimum Gasteiger partial charge on any atom is -0.441 e. The normalized spacial score (nSPS) is 17.3. The summed E-state index contributed by atoms with van der Waals surface area (Å²) in [5.74, 6) is 0.861. The number of fused-ring (bicyclic) bond motifs is 1. The zero-order valence-corrected chi connectivity index (χ0v) is 13.3. The zero-order valence-electron chi connectivity index (χ0n) is 13.3. The molecule has 5 heteroatoms. The fourth-order valence-corrected chi connectivity index (χ4v) is 2.94. The number of benzene rings is 1. The van der Waals surface area contributed by atoms with Gasteiger partial charge in [0.2, 0.25) is 0 Å². The van der Waals surface area contributed by atoms with Gasteiger partial charge < -0.3 is 14.1 Å². The van der Waals surface area contributed by atoms with E-state index in [1.54, 1.807) is 7.11 Å². The molecule has 0 unspecified atom stereocenters. The molecule has 0 radical (unpaired) electrons. The van der Waals surface area contributed by atoms with Gasteiger partial charge in [-0.15, -0.1) is 0 Å². The van der Waals surface area contributed by atoms with Crippen molar-refractivity contribution in [2.24, 2.45) is 0 Å². The van der Waals surface area contributed by atoms with E-state index in [0.717, 1.165) is 75.7 Å². The van der Waals surface area contributed by atoms with Crippen LogP contribution in [0.1, 0.15) is 12.3 Å². The van der Waals surface area contributed by atoms with E-state index in [1.807, 2.05) is 24.3 Å². The monoisotopic (exact) mass is 303 g/mol. The van der Waals surface area contributed by atoms with Crippen molar-refractivity contribution in [3.8, 4) is 0 Å². The molecule has 0 N–H and O–H groups in total. The van der Waals surface area contributed by atoms with E-state index in [-0.39, 0.29) is 0 Å². The van der Waals surface area contributed by atoms with Gasteiger partial charge in [0.25, 0.3) is 0 Å². The van der Waals surface area contributed by atoms with Gasteiger partial charge in [-0.1, -0.05) is 12.1 Å². The Morgan fingerprint density at radius 3 is 2.55 bits per heavy atom. The van der Waals surface area contributed by atoms with E-state index < -0.39 is 0 Å². The lowest BCUT2D eigenvalue weighted by Gasteiger charge is -2.34. The molecule has 1 aliphatic heterocycles. The largest absolute Gasteiger partial charge is 0.441 e. The number of para-hydroxylation sites is 2. The molecule has 0 saturated carbocycles. The minimum atomic E-state index is 0.831. The van der Waals surface area contributed by atoms with Gasteiger partial charge in [0.05, 0.1) is 6.61 Å². The highest BCUT2D eigenvalue weighted by molar-refractivity contribution is 5.72. The summed E-state index contributed by atoms with van der Waals surface area (Å²) in [6.45, 7) is 7.59. The number of rotatable bonds is 7. The van der Waals surface area contributed by atoms with Crippen molar-refractivity contribution in [2.45, 2.75) is 12.8 Å². The maximum absolute atomic E-state index is 5.77. The van der Waals surface area contributed by atoms with Crippen LogP contribution in [0.5, 0.6) is 0 Å². The highest BCUT2D eigenvalue weighted by atomic mass is 16.5. The quantitative estimate of drug-likeness (QED) is 0.783. The Hall–Kier alpha value is -1.43. The van der Waals surface area contributed by atoms with Gasteiger partial charge in [-0.05, 0) is 25.1 Å². The van der Waals surface area contributed by atoms with Crippen LogP contribution in [0.25, 0.3) is 11.1 Å². The number of hydrogen-bond donors (Lipinski definition) is 0. The molecule has 3 rings (SSSR count). The number of hydrogen-bond acceptors (Lipinski definition) is 5. The Kier molecular flexibility index (Phi) is 5.43. The molecule has 0 aliphatic carbocycles. The summed E-state index contributed by atoms with van der Waals surface area (Å²) >= 11 is 0. The van der Waals surface area contributed by atoms with Crippen LogP contribution in [0.2, 0.25) is 0 Å². The molecule has 0 amide bonds. The summed E-state index contributed by atoms with van der Waals surface area (Å²) in [6, 6.07) is 7.96. The Morgan fingerprint density at radius 2 is 1.82 bits per heavy atom. The predicted octanol–water partition coefficient (Wildman–Crippen LogP) is 2.02. The molecule has 1 fully saturated rings. The first-order valence-electron chi connectivity index (χ1n) is 8.13. The predicted molar refractivity (Wildman–Crippen MR) is 87.1 cm³/mol. The lowest BCUT2D eigenvalue weighted by molar-refractivity contribution is 0.0963. The molecule has 0 bridgehead atoms. The third-order valence-electron chi connectivity index (χ3n) is 4.28. The lowest BCUT2D eigenvalue weighted by Crippen LogP contribution is -2.47. The average molecular weight is 303 g/mol. The van der Waals surface area contributed by atoms with Gasteiger partial charge in [-0.3, -0.25) is 4.90 Å². The first-order chi connectivity index (χ1) is 10.8. The van der Waals surface area contributed by atoms with E-state index >= 15 is 0 Å². The van der Waals surface area contributed by atoms with Crippen molar-refractivity contribution < 1.29 is 9.15 Å². The fourth-order valence-electron chi connectivity index (χ4n) is 2.94.